The molecule has 1 aliphatic rings. The predicted molar refractivity (Wildman–Crippen MR) is 120 cm³/mol. The maximum absolute atomic E-state index is 13.9. The molecule has 0 atom stereocenters. The van der Waals surface area contributed by atoms with Gasteiger partial charge in [-0.15, -0.1) is 23.4 Å². The monoisotopic (exact) mass is 526 g/mol. The topological polar surface area (TPSA) is 119 Å². The Morgan fingerprint density at radius 1 is 1.14 bits per heavy atom. The van der Waals surface area contributed by atoms with Crippen LogP contribution in [0, 0.1) is 5.82 Å². The number of hydrogen-bond donors (Lipinski definition) is 2. The van der Waals surface area contributed by atoms with Crippen molar-refractivity contribution in [2.45, 2.75) is 6.36 Å². The molecule has 0 radical (unpaired) electrons. The van der Waals surface area contributed by atoms with Crippen molar-refractivity contribution in [3.8, 4) is 16.3 Å². The maximum atomic E-state index is 13.9. The Morgan fingerprint density at radius 3 is 2.64 bits per heavy atom. The van der Waals surface area contributed by atoms with Crippen molar-refractivity contribution in [3.05, 3.63) is 48.0 Å². The Balaban J connectivity index is 1.50. The number of morpholine rings is 1. The smallest absolute Gasteiger partial charge is 0.404 e. The lowest BCUT2D eigenvalue weighted by Crippen LogP contribution is -2.41. The highest BCUT2D eigenvalue weighted by Gasteiger charge is 2.32. The number of carbonyl (C=O) groups excluding carboxylic acids is 2. The summed E-state index contributed by atoms with van der Waals surface area (Å²) in [7, 11) is 0. The molecule has 0 bridgehead atoms. The molecule has 4 rings (SSSR count). The first-order valence-electron chi connectivity index (χ1n) is 10.4. The van der Waals surface area contributed by atoms with Gasteiger partial charge in [0.1, 0.15) is 5.82 Å². The number of aromatic nitrogens is 3. The molecule has 0 aliphatic carbocycles. The van der Waals surface area contributed by atoms with Crippen LogP contribution in [0.25, 0.3) is 10.6 Å². The first-order chi connectivity index (χ1) is 17.2. The highest BCUT2D eigenvalue weighted by atomic mass is 32.1. The molecule has 0 saturated carbocycles. The Morgan fingerprint density at radius 2 is 1.92 bits per heavy atom. The first kappa shape index (κ1) is 25.4. The largest absolute Gasteiger partial charge is 0.573 e. The Hall–Kier alpha value is -3.69. The maximum Gasteiger partial charge on any atom is 0.573 e. The molecule has 2 N–H and O–H groups in total. The van der Waals surface area contributed by atoms with E-state index in [0.29, 0.717) is 26.3 Å². The van der Waals surface area contributed by atoms with Gasteiger partial charge in [0.2, 0.25) is 11.0 Å². The van der Waals surface area contributed by atoms with E-state index in [1.165, 1.54) is 12.4 Å². The summed E-state index contributed by atoms with van der Waals surface area (Å²) < 4.78 is 61.7. The van der Waals surface area contributed by atoms with Gasteiger partial charge in [0.15, 0.2) is 10.8 Å². The number of alkyl halides is 3. The molecule has 190 valence electrons. The number of rotatable bonds is 7. The summed E-state index contributed by atoms with van der Waals surface area (Å²) in [6.45, 7) is 1.78. The van der Waals surface area contributed by atoms with Crippen molar-refractivity contribution in [1.82, 2.24) is 20.1 Å². The van der Waals surface area contributed by atoms with Gasteiger partial charge in [0.25, 0.3) is 5.91 Å². The molecule has 15 heteroatoms. The first-order valence-corrected chi connectivity index (χ1v) is 11.2. The number of halogens is 4. The molecular formula is C21H18F4N6O4S. The van der Waals surface area contributed by atoms with E-state index in [2.05, 4.69) is 30.6 Å². The normalized spacial score (nSPS) is 14.3. The second kappa shape index (κ2) is 10.9. The van der Waals surface area contributed by atoms with E-state index in [1.54, 1.807) is 4.90 Å². The third-order valence-electron chi connectivity index (χ3n) is 4.86. The molecule has 0 unspecified atom stereocenters. The molecule has 3 heterocycles. The molecule has 1 saturated heterocycles. The van der Waals surface area contributed by atoms with E-state index in [4.69, 9.17) is 4.74 Å². The van der Waals surface area contributed by atoms with E-state index in [0.717, 1.165) is 35.6 Å². The molecule has 1 fully saturated rings. The zero-order chi connectivity index (χ0) is 25.7. The van der Waals surface area contributed by atoms with Crippen LogP contribution < -0.4 is 15.4 Å². The summed E-state index contributed by atoms with van der Waals surface area (Å²) in [6.07, 6.45) is -2.49. The Bertz CT molecular complexity index is 1250. The van der Waals surface area contributed by atoms with Crippen molar-refractivity contribution in [2.75, 3.05) is 43.5 Å². The third-order valence-corrected chi connectivity index (χ3v) is 5.73. The minimum atomic E-state index is -5.02. The van der Waals surface area contributed by atoms with Gasteiger partial charge in [-0.3, -0.25) is 24.8 Å². The number of nitrogens with zero attached hydrogens (tertiary/aromatic N) is 4. The molecule has 10 nitrogen and oxygen atoms in total. The number of nitrogens with one attached hydrogen (secondary N) is 2. The number of anilines is 2. The lowest BCUT2D eigenvalue weighted by Gasteiger charge is -2.26. The summed E-state index contributed by atoms with van der Waals surface area (Å²) in [5.74, 6) is -2.59. The van der Waals surface area contributed by atoms with Crippen molar-refractivity contribution in [3.63, 3.8) is 0 Å². The molecule has 1 aromatic carbocycles. The van der Waals surface area contributed by atoms with Crippen LogP contribution in [-0.2, 0) is 9.53 Å². The quantitative estimate of drug-likeness (QED) is 0.451. The molecule has 3 aromatic rings. The van der Waals surface area contributed by atoms with E-state index in [1.807, 2.05) is 0 Å². The molecule has 2 amide bonds. The van der Waals surface area contributed by atoms with Gasteiger partial charge >= 0.3 is 6.36 Å². The Labute approximate surface area is 205 Å². The van der Waals surface area contributed by atoms with Gasteiger partial charge in [0.05, 0.1) is 31.0 Å². The Kier molecular flexibility index (Phi) is 7.71. The fraction of sp³-hybridized carbons (Fsp3) is 0.286. The van der Waals surface area contributed by atoms with Gasteiger partial charge in [-0.25, -0.2) is 4.39 Å². The van der Waals surface area contributed by atoms with Gasteiger partial charge < -0.3 is 14.8 Å². The minimum Gasteiger partial charge on any atom is -0.404 e. The van der Waals surface area contributed by atoms with Crippen molar-refractivity contribution in [2.24, 2.45) is 0 Å². The number of benzene rings is 1. The lowest BCUT2D eigenvalue weighted by atomic mass is 10.1. The van der Waals surface area contributed by atoms with Crippen LogP contribution in [0.2, 0.25) is 0 Å². The fourth-order valence-corrected chi connectivity index (χ4v) is 3.97. The zero-order valence-electron chi connectivity index (χ0n) is 18.3. The summed E-state index contributed by atoms with van der Waals surface area (Å²) >= 11 is 0.875. The van der Waals surface area contributed by atoms with Crippen LogP contribution in [0.3, 0.4) is 0 Å². The summed E-state index contributed by atoms with van der Waals surface area (Å²) in [5.41, 5.74) is -0.335. The van der Waals surface area contributed by atoms with Crippen LogP contribution in [0.5, 0.6) is 5.75 Å². The van der Waals surface area contributed by atoms with E-state index < -0.39 is 29.7 Å². The van der Waals surface area contributed by atoms with Gasteiger partial charge in [-0.2, -0.15) is 0 Å². The lowest BCUT2D eigenvalue weighted by molar-refractivity contribution is -0.274. The van der Waals surface area contributed by atoms with Crippen LogP contribution >= 0.6 is 11.3 Å². The molecular weight excluding hydrogens is 508 g/mol. The van der Waals surface area contributed by atoms with Crippen LogP contribution in [-0.4, -0.2) is 71.1 Å². The zero-order valence-corrected chi connectivity index (χ0v) is 19.2. The summed E-state index contributed by atoms with van der Waals surface area (Å²) in [4.78, 5) is 30.8. The second-order valence-corrected chi connectivity index (χ2v) is 8.39. The predicted octanol–water partition coefficient (Wildman–Crippen LogP) is 3.16. The summed E-state index contributed by atoms with van der Waals surface area (Å²) in [6, 6.07) is 4.21. The average molecular weight is 526 g/mol. The minimum absolute atomic E-state index is 0.0202. The third kappa shape index (κ3) is 6.71. The van der Waals surface area contributed by atoms with E-state index >= 15 is 0 Å². The highest BCUT2D eigenvalue weighted by molar-refractivity contribution is 7.18. The van der Waals surface area contributed by atoms with Crippen LogP contribution in [0.4, 0.5) is 28.4 Å². The molecule has 1 aliphatic heterocycles. The second-order valence-electron chi connectivity index (χ2n) is 7.42. The SMILES string of the molecule is O=C(CN1CCOCC1)Nc1cc(C(=O)Nc2nnc(-c3cnccc3F)s2)ccc1OC(F)(F)F. The summed E-state index contributed by atoms with van der Waals surface area (Å²) in [5, 5.41) is 12.6. The number of hydrogen-bond acceptors (Lipinski definition) is 9. The number of pyridine rings is 1. The fourth-order valence-electron chi connectivity index (χ4n) is 3.22. The number of ether oxygens (including phenoxy) is 2. The number of amides is 2. The molecule has 0 spiro atoms. The van der Waals surface area contributed by atoms with E-state index in [9.17, 15) is 27.2 Å². The highest BCUT2D eigenvalue weighted by Crippen LogP contribution is 2.32. The molecule has 2 aromatic heterocycles. The van der Waals surface area contributed by atoms with Crippen molar-refractivity contribution >= 4 is 34.0 Å². The van der Waals surface area contributed by atoms with Crippen LogP contribution in [0.15, 0.2) is 36.7 Å². The average Bonchev–Trinajstić information content (AvgIpc) is 3.28. The van der Waals surface area contributed by atoms with E-state index in [-0.39, 0.29) is 33.5 Å². The van der Waals surface area contributed by atoms with Crippen molar-refractivity contribution in [1.29, 1.82) is 0 Å². The van der Waals surface area contributed by atoms with Gasteiger partial charge in [-0.1, -0.05) is 11.3 Å². The van der Waals surface area contributed by atoms with Gasteiger partial charge in [0, 0.05) is 31.0 Å². The molecule has 36 heavy (non-hydrogen) atoms. The van der Waals surface area contributed by atoms with Crippen molar-refractivity contribution < 1.29 is 36.6 Å². The van der Waals surface area contributed by atoms with Crippen LogP contribution in [0.1, 0.15) is 10.4 Å². The number of carbonyl (C=O) groups is 2. The standard InChI is InChI=1S/C21H18F4N6O4S/c22-14-3-4-26-10-13(14)19-29-30-20(36-19)28-18(33)12-1-2-16(35-21(23,24)25)15(9-12)27-17(32)11-31-5-7-34-8-6-31/h1-4,9-10H,5-8,11H2,(H,27,32)(H,28,30,33). The van der Waals surface area contributed by atoms with Gasteiger partial charge in [-0.05, 0) is 24.3 Å².